The molecule has 0 atom stereocenters. The van der Waals surface area contributed by atoms with Crippen molar-refractivity contribution >= 4 is 0 Å². The van der Waals surface area contributed by atoms with E-state index in [1.165, 1.54) is 18.2 Å². The Balaban J connectivity index is 2.64. The number of halogens is 2. The zero-order valence-electron chi connectivity index (χ0n) is 7.26. The number of hydrogen-bond donors (Lipinski definition) is 1. The third-order valence-electron chi connectivity index (χ3n) is 1.90. The van der Waals surface area contributed by atoms with E-state index in [-0.39, 0.29) is 12.2 Å². The minimum Gasteiger partial charge on any atom is -0.396 e. The molecule has 3 heteroatoms. The van der Waals surface area contributed by atoms with Crippen LogP contribution in [-0.2, 0) is 6.42 Å². The zero-order chi connectivity index (χ0) is 9.68. The number of unbranched alkanes of at least 4 members (excludes halogenated alkanes) is 1. The molecule has 1 aromatic rings. The average molecular weight is 186 g/mol. The third kappa shape index (κ3) is 2.77. The van der Waals surface area contributed by atoms with Crippen LogP contribution in [0.5, 0.6) is 0 Å². The molecule has 0 aliphatic carbocycles. The molecule has 13 heavy (non-hydrogen) atoms. The Kier molecular flexibility index (Phi) is 3.83. The first-order chi connectivity index (χ1) is 6.25. The molecule has 0 saturated carbocycles. The molecular weight excluding hydrogens is 174 g/mol. The summed E-state index contributed by atoms with van der Waals surface area (Å²) in [5, 5.41) is 8.50. The van der Waals surface area contributed by atoms with E-state index in [9.17, 15) is 8.78 Å². The second-order valence-electron chi connectivity index (χ2n) is 2.88. The summed E-state index contributed by atoms with van der Waals surface area (Å²) in [5.74, 6) is -1.00. The summed E-state index contributed by atoms with van der Waals surface area (Å²) >= 11 is 0. The molecule has 0 bridgehead atoms. The third-order valence-corrected chi connectivity index (χ3v) is 1.90. The number of aliphatic hydroxyl groups is 1. The fraction of sp³-hybridized carbons (Fsp3) is 0.400. The molecule has 1 N–H and O–H groups in total. The van der Waals surface area contributed by atoms with Crippen LogP contribution in [0.3, 0.4) is 0 Å². The summed E-state index contributed by atoms with van der Waals surface area (Å²) in [6, 6.07) is 3.84. The molecule has 1 nitrogen and oxygen atoms in total. The van der Waals surface area contributed by atoms with Crippen LogP contribution in [0.1, 0.15) is 18.4 Å². The lowest BCUT2D eigenvalue weighted by Crippen LogP contribution is -1.96. The van der Waals surface area contributed by atoms with Crippen LogP contribution in [-0.4, -0.2) is 11.7 Å². The van der Waals surface area contributed by atoms with Crippen LogP contribution in [0.2, 0.25) is 0 Å². The van der Waals surface area contributed by atoms with Crippen LogP contribution in [0.15, 0.2) is 18.2 Å². The predicted octanol–water partition coefficient (Wildman–Crippen LogP) is 2.28. The minimum absolute atomic E-state index is 0.0655. The predicted molar refractivity (Wildman–Crippen MR) is 46.4 cm³/mol. The second kappa shape index (κ2) is 4.92. The molecule has 0 aromatic heterocycles. The number of aliphatic hydroxyl groups excluding tert-OH is 1. The SMILES string of the molecule is OCCCCc1c(F)cccc1F. The van der Waals surface area contributed by atoms with Gasteiger partial charge in [-0.3, -0.25) is 0 Å². The molecule has 0 fully saturated rings. The van der Waals surface area contributed by atoms with Gasteiger partial charge in [-0.2, -0.15) is 0 Å². The molecule has 0 amide bonds. The second-order valence-corrected chi connectivity index (χ2v) is 2.88. The van der Waals surface area contributed by atoms with Gasteiger partial charge in [-0.05, 0) is 31.4 Å². The van der Waals surface area contributed by atoms with Crippen molar-refractivity contribution in [1.82, 2.24) is 0 Å². The van der Waals surface area contributed by atoms with Gasteiger partial charge in [0.2, 0.25) is 0 Å². The van der Waals surface area contributed by atoms with Crippen molar-refractivity contribution in [2.75, 3.05) is 6.61 Å². The Labute approximate surface area is 76.0 Å². The average Bonchev–Trinajstić information content (AvgIpc) is 2.10. The van der Waals surface area contributed by atoms with Gasteiger partial charge in [0, 0.05) is 12.2 Å². The highest BCUT2D eigenvalue weighted by atomic mass is 19.1. The summed E-state index contributed by atoms with van der Waals surface area (Å²) in [7, 11) is 0. The first-order valence-corrected chi connectivity index (χ1v) is 4.29. The largest absolute Gasteiger partial charge is 0.396 e. The van der Waals surface area contributed by atoms with E-state index < -0.39 is 11.6 Å². The van der Waals surface area contributed by atoms with E-state index in [1.54, 1.807) is 0 Å². The van der Waals surface area contributed by atoms with Gasteiger partial charge in [-0.15, -0.1) is 0 Å². The van der Waals surface area contributed by atoms with Gasteiger partial charge in [-0.1, -0.05) is 6.07 Å². The van der Waals surface area contributed by atoms with Crippen molar-refractivity contribution in [2.45, 2.75) is 19.3 Å². The first-order valence-electron chi connectivity index (χ1n) is 4.29. The highest BCUT2D eigenvalue weighted by Gasteiger charge is 2.06. The Morgan fingerprint density at radius 2 is 1.69 bits per heavy atom. The van der Waals surface area contributed by atoms with E-state index in [0.717, 1.165) is 0 Å². The smallest absolute Gasteiger partial charge is 0.129 e. The molecular formula is C10H12F2O. The molecule has 0 spiro atoms. The summed E-state index contributed by atoms with van der Waals surface area (Å²) in [6.07, 6.45) is 1.53. The van der Waals surface area contributed by atoms with Crippen molar-refractivity contribution in [2.24, 2.45) is 0 Å². The number of hydrogen-bond acceptors (Lipinski definition) is 1. The summed E-state index contributed by atoms with van der Waals surface area (Å²) in [6.45, 7) is 0.0655. The minimum atomic E-state index is -0.502. The molecule has 1 rings (SSSR count). The van der Waals surface area contributed by atoms with Crippen LogP contribution in [0, 0.1) is 11.6 Å². The zero-order valence-corrected chi connectivity index (χ0v) is 7.26. The fourth-order valence-electron chi connectivity index (χ4n) is 1.18. The van der Waals surface area contributed by atoms with Gasteiger partial charge in [0.15, 0.2) is 0 Å². The highest BCUT2D eigenvalue weighted by molar-refractivity contribution is 5.19. The normalized spacial score (nSPS) is 10.4. The van der Waals surface area contributed by atoms with Gasteiger partial charge < -0.3 is 5.11 Å². The molecule has 72 valence electrons. The molecule has 0 unspecified atom stereocenters. The Bertz CT molecular complexity index is 253. The Morgan fingerprint density at radius 1 is 1.08 bits per heavy atom. The van der Waals surface area contributed by atoms with E-state index in [1.807, 2.05) is 0 Å². The monoisotopic (exact) mass is 186 g/mol. The maximum atomic E-state index is 13.0. The van der Waals surface area contributed by atoms with Gasteiger partial charge >= 0.3 is 0 Å². The van der Waals surface area contributed by atoms with Crippen molar-refractivity contribution in [3.8, 4) is 0 Å². The van der Waals surface area contributed by atoms with Crippen LogP contribution >= 0.6 is 0 Å². The molecule has 0 radical (unpaired) electrons. The van der Waals surface area contributed by atoms with E-state index >= 15 is 0 Å². The molecule has 1 aromatic carbocycles. The maximum absolute atomic E-state index is 13.0. The van der Waals surface area contributed by atoms with Crippen molar-refractivity contribution in [1.29, 1.82) is 0 Å². The van der Waals surface area contributed by atoms with Crippen LogP contribution in [0.4, 0.5) is 8.78 Å². The lowest BCUT2D eigenvalue weighted by Gasteiger charge is -2.03. The van der Waals surface area contributed by atoms with Crippen LogP contribution < -0.4 is 0 Å². The number of rotatable bonds is 4. The van der Waals surface area contributed by atoms with E-state index in [0.29, 0.717) is 19.3 Å². The fourth-order valence-corrected chi connectivity index (χ4v) is 1.18. The standard InChI is InChI=1S/C10H12F2O/c11-9-5-3-6-10(12)8(9)4-1-2-7-13/h3,5-6,13H,1-2,4,7H2. The molecule has 0 saturated heterocycles. The lowest BCUT2D eigenvalue weighted by molar-refractivity contribution is 0.284. The van der Waals surface area contributed by atoms with Crippen molar-refractivity contribution in [3.05, 3.63) is 35.4 Å². The van der Waals surface area contributed by atoms with Crippen LogP contribution in [0.25, 0.3) is 0 Å². The van der Waals surface area contributed by atoms with Gasteiger partial charge in [0.05, 0.1) is 0 Å². The highest BCUT2D eigenvalue weighted by Crippen LogP contribution is 2.14. The van der Waals surface area contributed by atoms with Gasteiger partial charge in [-0.25, -0.2) is 8.78 Å². The van der Waals surface area contributed by atoms with Gasteiger partial charge in [0.25, 0.3) is 0 Å². The lowest BCUT2D eigenvalue weighted by atomic mass is 10.1. The van der Waals surface area contributed by atoms with Crippen molar-refractivity contribution < 1.29 is 13.9 Å². The Morgan fingerprint density at radius 3 is 2.23 bits per heavy atom. The van der Waals surface area contributed by atoms with E-state index in [2.05, 4.69) is 0 Å². The van der Waals surface area contributed by atoms with E-state index in [4.69, 9.17) is 5.11 Å². The Hall–Kier alpha value is -0.960. The van der Waals surface area contributed by atoms with Crippen molar-refractivity contribution in [3.63, 3.8) is 0 Å². The molecule has 0 aliphatic rings. The summed E-state index contributed by atoms with van der Waals surface area (Å²) in [5.41, 5.74) is 0.121. The summed E-state index contributed by atoms with van der Waals surface area (Å²) in [4.78, 5) is 0. The molecule has 0 heterocycles. The van der Waals surface area contributed by atoms with Gasteiger partial charge in [0.1, 0.15) is 11.6 Å². The summed E-state index contributed by atoms with van der Waals surface area (Å²) < 4.78 is 26.0. The number of benzene rings is 1. The molecule has 0 aliphatic heterocycles. The topological polar surface area (TPSA) is 20.2 Å². The maximum Gasteiger partial charge on any atom is 0.129 e. The quantitative estimate of drug-likeness (QED) is 0.715. The first kappa shape index (κ1) is 10.1.